The number of fused-ring (bicyclic) bond motifs is 3. The van der Waals surface area contributed by atoms with Gasteiger partial charge in [-0.15, -0.1) is 22.7 Å². The van der Waals surface area contributed by atoms with E-state index in [1.807, 2.05) is 0 Å². The second-order valence-corrected chi connectivity index (χ2v) is 31.7. The molecule has 0 spiro atoms. The van der Waals surface area contributed by atoms with Crippen LogP contribution in [0.5, 0.6) is 0 Å². The van der Waals surface area contributed by atoms with Crippen molar-refractivity contribution < 1.29 is 43.2 Å². The molecule has 0 fully saturated rings. The van der Waals surface area contributed by atoms with Crippen molar-refractivity contribution in [3.8, 4) is 30.6 Å². The van der Waals surface area contributed by atoms with Crippen molar-refractivity contribution in [2.75, 3.05) is 19.6 Å². The molecule has 100 heavy (non-hydrogen) atoms. The lowest BCUT2D eigenvalue weighted by Gasteiger charge is -2.33. The molecule has 4 aromatic carbocycles. The zero-order valence-corrected chi connectivity index (χ0v) is 62.3. The van der Waals surface area contributed by atoms with E-state index in [1.54, 1.807) is 48.5 Å². The van der Waals surface area contributed by atoms with Gasteiger partial charge < -0.3 is 0 Å². The standard InChI is InChI=1S/C86H109N3O9S2/c1-5-9-13-17-21-25-29-33-37-41-45-61-76(90)57-46-47-58-70-64(84(96)87(81(58)93)50-42-38-34-30-26-22-18-14-10-6-2)53-62(74(72(57)70)78(61)92)68-55-66-77(91)67-56-69(100-80(67)79(66)99-68)63-54-65-71-59(82(94)88(85(65)97)51-43-39-35-31-27-23-19-15-11-7-3)48-49-60-73(71)75(63)86(98)89(83(60)95)52-44-40-36-32-28-24-20-16-12-8-4/h46-49,53-56,61H,5-45,50-52H2,1-4H3. The minimum atomic E-state index is -0.951. The number of nitrogens with zero attached hydrogens (tertiary/aromatic N) is 3. The molecule has 1 unspecified atom stereocenters. The van der Waals surface area contributed by atoms with Gasteiger partial charge >= 0.3 is 0 Å². The molecule has 3 aliphatic heterocycles. The summed E-state index contributed by atoms with van der Waals surface area (Å²) in [6, 6.07) is 13.7. The van der Waals surface area contributed by atoms with E-state index in [4.69, 9.17) is 0 Å². The summed E-state index contributed by atoms with van der Waals surface area (Å²) >= 11 is 2.66. The maximum absolute atomic E-state index is 15.5. The van der Waals surface area contributed by atoms with E-state index in [0.717, 1.165) is 89.9 Å². The largest absolute Gasteiger partial charge is 0.293 e. The predicted molar refractivity (Wildman–Crippen MR) is 407 cm³/mol. The summed E-state index contributed by atoms with van der Waals surface area (Å²) in [7, 11) is 0. The van der Waals surface area contributed by atoms with Crippen molar-refractivity contribution in [1.29, 1.82) is 0 Å². The molecule has 2 aliphatic carbocycles. The molecule has 0 radical (unpaired) electrons. The number of carbonyl (C=O) groups is 9. The highest BCUT2D eigenvalue weighted by molar-refractivity contribution is 7.26. The highest BCUT2D eigenvalue weighted by Gasteiger charge is 2.46. The molecule has 0 saturated heterocycles. The predicted octanol–water partition coefficient (Wildman–Crippen LogP) is 23.5. The topological polar surface area (TPSA) is 163 Å². The fourth-order valence-corrected chi connectivity index (χ4v) is 19.1. The maximum Gasteiger partial charge on any atom is 0.262 e. The van der Waals surface area contributed by atoms with Gasteiger partial charge in [-0.3, -0.25) is 57.9 Å². The Hall–Kier alpha value is -6.77. The molecule has 12 nitrogen and oxygen atoms in total. The Bertz CT molecular complexity index is 3760. The van der Waals surface area contributed by atoms with Crippen molar-refractivity contribution in [1.82, 2.24) is 14.7 Å². The summed E-state index contributed by atoms with van der Waals surface area (Å²) < 4.78 is 0. The minimum Gasteiger partial charge on any atom is -0.293 e. The van der Waals surface area contributed by atoms with Gasteiger partial charge in [0.2, 0.25) is 0 Å². The quantitative estimate of drug-likeness (QED) is 0.0205. The lowest BCUT2D eigenvalue weighted by atomic mass is 9.73. The van der Waals surface area contributed by atoms with E-state index in [2.05, 4.69) is 27.7 Å². The Morgan fingerprint density at radius 3 is 0.930 bits per heavy atom. The van der Waals surface area contributed by atoms with Gasteiger partial charge in [-0.05, 0) is 74.2 Å². The Kier molecular flexibility index (Phi) is 26.7. The summed E-state index contributed by atoms with van der Waals surface area (Å²) in [5.41, 5.74) is 3.92. The number of hydrogen-bond donors (Lipinski definition) is 0. The molecule has 6 aromatic rings. The van der Waals surface area contributed by atoms with Crippen LogP contribution in [-0.2, 0) is 0 Å². The first kappa shape index (κ1) is 74.4. The highest BCUT2D eigenvalue weighted by Crippen LogP contribution is 2.55. The third-order valence-corrected chi connectivity index (χ3v) is 24.8. The lowest BCUT2D eigenvalue weighted by molar-refractivity contribution is 0.0586. The Labute approximate surface area is 602 Å². The van der Waals surface area contributed by atoms with Crippen molar-refractivity contribution in [3.05, 3.63) is 104 Å². The van der Waals surface area contributed by atoms with Crippen LogP contribution < -0.4 is 0 Å². The summed E-state index contributed by atoms with van der Waals surface area (Å²) in [6.07, 6.45) is 44.3. The summed E-state index contributed by atoms with van der Waals surface area (Å²) in [4.78, 5) is 141. The van der Waals surface area contributed by atoms with Crippen LogP contribution in [0.25, 0.3) is 52.2 Å². The van der Waals surface area contributed by atoms with Crippen LogP contribution in [0.4, 0.5) is 0 Å². The smallest absolute Gasteiger partial charge is 0.262 e. The van der Waals surface area contributed by atoms with Crippen molar-refractivity contribution in [2.45, 2.75) is 291 Å². The van der Waals surface area contributed by atoms with Crippen molar-refractivity contribution in [2.24, 2.45) is 5.92 Å². The maximum atomic E-state index is 15.5. The molecule has 6 amide bonds. The first-order chi connectivity index (χ1) is 48.9. The van der Waals surface area contributed by atoms with Crippen molar-refractivity contribution >= 4 is 97.0 Å². The molecule has 2 aromatic heterocycles. The van der Waals surface area contributed by atoms with E-state index in [-0.39, 0.29) is 64.8 Å². The summed E-state index contributed by atoms with van der Waals surface area (Å²) in [5.74, 6) is -4.59. The number of thiophene rings is 2. The normalized spacial score (nSPS) is 15.4. The van der Waals surface area contributed by atoms with Gasteiger partial charge in [0.15, 0.2) is 17.3 Å². The molecule has 14 heteroatoms. The van der Waals surface area contributed by atoms with Gasteiger partial charge in [-0.25, -0.2) is 0 Å². The van der Waals surface area contributed by atoms with Gasteiger partial charge in [0.25, 0.3) is 35.4 Å². The number of hydrogen-bond acceptors (Lipinski definition) is 11. The third-order valence-electron chi connectivity index (χ3n) is 22.3. The Balaban J connectivity index is 0.920. The molecule has 5 aliphatic rings. The molecule has 11 rings (SSSR count). The van der Waals surface area contributed by atoms with Gasteiger partial charge in [0.1, 0.15) is 0 Å². The van der Waals surface area contributed by atoms with Crippen LogP contribution in [0, 0.1) is 5.92 Å². The second kappa shape index (κ2) is 35.9. The van der Waals surface area contributed by atoms with E-state index < -0.39 is 41.4 Å². The van der Waals surface area contributed by atoms with E-state index in [9.17, 15) is 19.2 Å². The van der Waals surface area contributed by atoms with Crippen LogP contribution in [-0.4, -0.2) is 87.1 Å². The van der Waals surface area contributed by atoms with Gasteiger partial charge in [0, 0.05) is 112 Å². The lowest BCUT2D eigenvalue weighted by Crippen LogP contribution is -2.44. The van der Waals surface area contributed by atoms with E-state index in [1.165, 1.54) is 179 Å². The van der Waals surface area contributed by atoms with Gasteiger partial charge in [-0.2, -0.15) is 0 Å². The molecule has 534 valence electrons. The van der Waals surface area contributed by atoms with Crippen molar-refractivity contribution in [3.63, 3.8) is 0 Å². The van der Waals surface area contributed by atoms with Crippen LogP contribution in [0.15, 0.2) is 48.5 Å². The number of ketones is 3. The number of amides is 6. The SMILES string of the molecule is CCCCCCCCCCCCC1C(=O)c2ccc3c4c(cc(-c5cc6c(s5)-c5sc(-c7cc8c9c(ccc%10c9c7C(=O)N(CCCCCCCCCCCC)C%10=O)C(=O)N(CCCCCCCCCCCC)C8=O)cc5C6=O)c(c24)C1=O)C(=O)N(CCCCCCCCCCCC)C3=O. The second-order valence-electron chi connectivity index (χ2n) is 29.6. The van der Waals surface area contributed by atoms with Crippen LogP contribution in [0.1, 0.15) is 390 Å². The van der Waals surface area contributed by atoms with Crippen LogP contribution in [0.2, 0.25) is 0 Å². The summed E-state index contributed by atoms with van der Waals surface area (Å²) in [5, 5.41) is 1.28. The van der Waals surface area contributed by atoms with E-state index in [0.29, 0.717) is 112 Å². The average Bonchev–Trinajstić information content (AvgIpc) is 1.05. The van der Waals surface area contributed by atoms with Crippen LogP contribution in [0.3, 0.4) is 0 Å². The van der Waals surface area contributed by atoms with Gasteiger partial charge in [0.05, 0.1) is 21.2 Å². The molecule has 0 bridgehead atoms. The monoisotopic (exact) mass is 1390 g/mol. The molecular weight excluding hydrogens is 1280 g/mol. The number of unbranched alkanes of at least 4 members (excludes halogenated alkanes) is 36. The first-order valence-corrected chi connectivity index (χ1v) is 41.3. The first-order valence-electron chi connectivity index (χ1n) is 39.6. The number of carbonyl (C=O) groups excluding carboxylic acids is 9. The average molecular weight is 1390 g/mol. The molecule has 5 heterocycles. The highest BCUT2D eigenvalue weighted by atomic mass is 32.1. The summed E-state index contributed by atoms with van der Waals surface area (Å²) in [6.45, 7) is 9.58. The Morgan fingerprint density at radius 1 is 0.270 bits per heavy atom. The molecule has 0 N–H and O–H groups in total. The fraction of sp³-hybridized carbons (Fsp3) is 0.570. The number of imide groups is 3. The Morgan fingerprint density at radius 2 is 0.560 bits per heavy atom. The number of benzene rings is 4. The third kappa shape index (κ3) is 16.0. The zero-order valence-electron chi connectivity index (χ0n) is 60.6. The fourth-order valence-electron chi connectivity index (χ4n) is 16.5. The van der Waals surface area contributed by atoms with Crippen LogP contribution >= 0.6 is 22.7 Å². The molecule has 1 atom stereocenters. The molecule has 0 saturated carbocycles. The number of rotatable bonds is 46. The van der Waals surface area contributed by atoms with Gasteiger partial charge in [-0.1, -0.05) is 265 Å². The number of Topliss-reactive ketones (excluding diaryl/α,β-unsaturated/α-hetero) is 2. The van der Waals surface area contributed by atoms with E-state index >= 15 is 24.0 Å². The zero-order chi connectivity index (χ0) is 70.2. The molecular formula is C86H109N3O9S2. The minimum absolute atomic E-state index is 0.209.